The van der Waals surface area contributed by atoms with E-state index in [2.05, 4.69) is 10.7 Å². The van der Waals surface area contributed by atoms with Crippen molar-refractivity contribution in [2.45, 2.75) is 12.7 Å². The largest absolute Gasteiger partial charge is 0.416 e. The molecule has 0 radical (unpaired) electrons. The Kier molecular flexibility index (Phi) is 4.08. The van der Waals surface area contributed by atoms with Crippen LogP contribution in [-0.4, -0.2) is 5.11 Å². The second kappa shape index (κ2) is 5.13. The molecule has 1 rings (SSSR count). The van der Waals surface area contributed by atoms with Crippen molar-refractivity contribution in [2.24, 2.45) is 5.84 Å². The highest BCUT2D eigenvalue weighted by Gasteiger charge is 2.29. The standard InChI is InChI=1S/C9H10F3N3S/c10-9(11,12)7-3-1-6(2-4-7)5-14-8(16)15-13/h1-4H,5,13H2,(H2,14,15,16). The van der Waals surface area contributed by atoms with Gasteiger partial charge in [-0.05, 0) is 29.9 Å². The quantitative estimate of drug-likeness (QED) is 0.423. The molecule has 0 aliphatic heterocycles. The Morgan fingerprint density at radius 2 is 1.81 bits per heavy atom. The van der Waals surface area contributed by atoms with E-state index >= 15 is 0 Å². The van der Waals surface area contributed by atoms with Crippen LogP contribution < -0.4 is 16.6 Å². The number of hydrogen-bond acceptors (Lipinski definition) is 2. The number of alkyl halides is 3. The van der Waals surface area contributed by atoms with Crippen molar-refractivity contribution in [3.63, 3.8) is 0 Å². The lowest BCUT2D eigenvalue weighted by Gasteiger charge is -2.09. The van der Waals surface area contributed by atoms with Gasteiger partial charge in [0.05, 0.1) is 5.56 Å². The van der Waals surface area contributed by atoms with Gasteiger partial charge in [-0.15, -0.1) is 0 Å². The molecule has 0 aliphatic carbocycles. The first-order chi connectivity index (χ1) is 7.43. The fraction of sp³-hybridized carbons (Fsp3) is 0.222. The highest BCUT2D eigenvalue weighted by atomic mass is 32.1. The summed E-state index contributed by atoms with van der Waals surface area (Å²) in [4.78, 5) is 0. The molecule has 0 atom stereocenters. The number of halogens is 3. The lowest BCUT2D eigenvalue weighted by atomic mass is 10.1. The van der Waals surface area contributed by atoms with Crippen LogP contribution >= 0.6 is 12.2 Å². The van der Waals surface area contributed by atoms with Crippen molar-refractivity contribution >= 4 is 17.3 Å². The zero-order valence-electron chi connectivity index (χ0n) is 8.14. The van der Waals surface area contributed by atoms with E-state index < -0.39 is 11.7 Å². The molecule has 1 aromatic carbocycles. The van der Waals surface area contributed by atoms with E-state index in [-0.39, 0.29) is 5.11 Å². The molecule has 1 aromatic rings. The van der Waals surface area contributed by atoms with E-state index in [0.717, 1.165) is 12.1 Å². The molecule has 0 unspecified atom stereocenters. The van der Waals surface area contributed by atoms with Crippen LogP contribution in [0.2, 0.25) is 0 Å². The maximum absolute atomic E-state index is 12.2. The number of nitrogens with two attached hydrogens (primary N) is 1. The van der Waals surface area contributed by atoms with Crippen LogP contribution in [0.1, 0.15) is 11.1 Å². The van der Waals surface area contributed by atoms with Gasteiger partial charge < -0.3 is 10.7 Å². The van der Waals surface area contributed by atoms with Crippen LogP contribution in [0.3, 0.4) is 0 Å². The Hall–Kier alpha value is -1.34. The van der Waals surface area contributed by atoms with Crippen LogP contribution in [0.5, 0.6) is 0 Å². The molecule has 0 fully saturated rings. The SMILES string of the molecule is NNC(=S)NCc1ccc(C(F)(F)F)cc1. The van der Waals surface area contributed by atoms with E-state index in [9.17, 15) is 13.2 Å². The molecule has 7 heteroatoms. The summed E-state index contributed by atoms with van der Waals surface area (Å²) in [6, 6.07) is 4.82. The Morgan fingerprint density at radius 1 is 1.25 bits per heavy atom. The fourth-order valence-electron chi connectivity index (χ4n) is 1.04. The van der Waals surface area contributed by atoms with Gasteiger partial charge in [-0.1, -0.05) is 12.1 Å². The number of rotatable bonds is 2. The third-order valence-electron chi connectivity index (χ3n) is 1.87. The summed E-state index contributed by atoms with van der Waals surface area (Å²) in [6.07, 6.45) is -4.31. The minimum Gasteiger partial charge on any atom is -0.358 e. The summed E-state index contributed by atoms with van der Waals surface area (Å²) in [6.45, 7) is 0.321. The smallest absolute Gasteiger partial charge is 0.358 e. The summed E-state index contributed by atoms with van der Waals surface area (Å²) in [5.74, 6) is 5.01. The maximum atomic E-state index is 12.2. The first kappa shape index (κ1) is 12.7. The summed E-state index contributed by atoms with van der Waals surface area (Å²) < 4.78 is 36.7. The molecule has 88 valence electrons. The fourth-order valence-corrected chi connectivity index (χ4v) is 1.12. The van der Waals surface area contributed by atoms with Crippen molar-refractivity contribution in [3.05, 3.63) is 35.4 Å². The highest BCUT2D eigenvalue weighted by molar-refractivity contribution is 7.80. The van der Waals surface area contributed by atoms with E-state index in [0.29, 0.717) is 12.1 Å². The van der Waals surface area contributed by atoms with Crippen molar-refractivity contribution in [3.8, 4) is 0 Å². The van der Waals surface area contributed by atoms with E-state index in [4.69, 9.17) is 18.1 Å². The van der Waals surface area contributed by atoms with Crippen molar-refractivity contribution in [1.29, 1.82) is 0 Å². The molecule has 0 bridgehead atoms. The number of thiocarbonyl (C=S) groups is 1. The van der Waals surface area contributed by atoms with Crippen LogP contribution in [0, 0.1) is 0 Å². The summed E-state index contributed by atoms with van der Waals surface area (Å²) >= 11 is 4.71. The molecule has 0 aliphatic rings. The average molecular weight is 249 g/mol. The van der Waals surface area contributed by atoms with E-state index in [1.807, 2.05) is 0 Å². The van der Waals surface area contributed by atoms with Gasteiger partial charge in [-0.3, -0.25) is 0 Å². The Morgan fingerprint density at radius 3 is 2.25 bits per heavy atom. The molecular weight excluding hydrogens is 239 g/mol. The average Bonchev–Trinajstić information content (AvgIpc) is 2.25. The van der Waals surface area contributed by atoms with Crippen molar-refractivity contribution in [1.82, 2.24) is 10.7 Å². The predicted octanol–water partition coefficient (Wildman–Crippen LogP) is 1.54. The summed E-state index contributed by atoms with van der Waals surface area (Å²) in [5, 5.41) is 2.96. The predicted molar refractivity (Wildman–Crippen MR) is 58.2 cm³/mol. The molecule has 3 nitrogen and oxygen atoms in total. The van der Waals surface area contributed by atoms with E-state index in [1.165, 1.54) is 12.1 Å². The van der Waals surface area contributed by atoms with Gasteiger partial charge in [0.1, 0.15) is 0 Å². The van der Waals surface area contributed by atoms with Crippen LogP contribution in [0.25, 0.3) is 0 Å². The minimum atomic E-state index is -4.31. The third kappa shape index (κ3) is 3.67. The summed E-state index contributed by atoms with van der Waals surface area (Å²) in [5.41, 5.74) is 2.23. The lowest BCUT2D eigenvalue weighted by molar-refractivity contribution is -0.137. The van der Waals surface area contributed by atoms with E-state index in [1.54, 1.807) is 0 Å². The number of hydrogen-bond donors (Lipinski definition) is 3. The Bertz CT molecular complexity index is 361. The van der Waals surface area contributed by atoms with Crippen LogP contribution in [0.15, 0.2) is 24.3 Å². The Balaban J connectivity index is 2.62. The molecule has 0 saturated carbocycles. The molecule has 0 heterocycles. The Labute approximate surface area is 95.8 Å². The first-order valence-corrected chi connectivity index (χ1v) is 4.75. The second-order valence-corrected chi connectivity index (χ2v) is 3.43. The summed E-state index contributed by atoms with van der Waals surface area (Å²) in [7, 11) is 0. The van der Waals surface area contributed by atoms with Crippen molar-refractivity contribution < 1.29 is 13.2 Å². The number of nitrogens with one attached hydrogen (secondary N) is 2. The van der Waals surface area contributed by atoms with Gasteiger partial charge in [0.2, 0.25) is 0 Å². The second-order valence-electron chi connectivity index (χ2n) is 3.02. The molecule has 0 amide bonds. The van der Waals surface area contributed by atoms with Crippen LogP contribution in [0.4, 0.5) is 13.2 Å². The molecular formula is C9H10F3N3S. The normalized spacial score (nSPS) is 11.0. The number of benzene rings is 1. The molecule has 0 aromatic heterocycles. The van der Waals surface area contributed by atoms with Gasteiger partial charge >= 0.3 is 6.18 Å². The molecule has 0 saturated heterocycles. The maximum Gasteiger partial charge on any atom is 0.416 e. The first-order valence-electron chi connectivity index (χ1n) is 4.34. The van der Waals surface area contributed by atoms with Gasteiger partial charge in [0.15, 0.2) is 5.11 Å². The topological polar surface area (TPSA) is 50.1 Å². The third-order valence-corrected chi connectivity index (χ3v) is 2.13. The minimum absolute atomic E-state index is 0.236. The zero-order chi connectivity index (χ0) is 12.2. The van der Waals surface area contributed by atoms with Gasteiger partial charge in [0.25, 0.3) is 0 Å². The monoisotopic (exact) mass is 249 g/mol. The highest BCUT2D eigenvalue weighted by Crippen LogP contribution is 2.28. The van der Waals surface area contributed by atoms with Gasteiger partial charge in [-0.25, -0.2) is 5.84 Å². The van der Waals surface area contributed by atoms with Gasteiger partial charge in [-0.2, -0.15) is 13.2 Å². The van der Waals surface area contributed by atoms with Crippen molar-refractivity contribution in [2.75, 3.05) is 0 Å². The van der Waals surface area contributed by atoms with Crippen LogP contribution in [-0.2, 0) is 12.7 Å². The molecule has 0 spiro atoms. The number of hydrazine groups is 1. The van der Waals surface area contributed by atoms with Gasteiger partial charge in [0, 0.05) is 6.54 Å². The zero-order valence-corrected chi connectivity index (χ0v) is 8.95. The molecule has 4 N–H and O–H groups in total. The molecule has 16 heavy (non-hydrogen) atoms. The lowest BCUT2D eigenvalue weighted by Crippen LogP contribution is -2.39.